The molecule has 0 spiro atoms. The molecule has 2 rings (SSSR count). The van der Waals surface area contributed by atoms with Gasteiger partial charge in [-0.2, -0.15) is 0 Å². The maximum Gasteiger partial charge on any atom is 0.0424 e. The quantitative estimate of drug-likeness (QED) is 0.829. The molecule has 2 atom stereocenters. The van der Waals surface area contributed by atoms with Crippen LogP contribution in [0.2, 0.25) is 10.0 Å². The molecular weight excluding hydrogens is 265 g/mol. The van der Waals surface area contributed by atoms with Crippen LogP contribution < -0.4 is 5.32 Å². The Hall–Kier alpha value is -0.240. The molecule has 0 saturated heterocycles. The molecule has 1 nitrogen and oxygen atoms in total. The minimum atomic E-state index is 0.713. The van der Waals surface area contributed by atoms with Gasteiger partial charge in [0.05, 0.1) is 0 Å². The van der Waals surface area contributed by atoms with Crippen LogP contribution in [0.5, 0.6) is 0 Å². The molecule has 3 heteroatoms. The van der Waals surface area contributed by atoms with Gasteiger partial charge in [0.1, 0.15) is 0 Å². The second kappa shape index (κ2) is 6.79. The predicted octanol–water partition coefficient (Wildman–Crippen LogP) is 4.91. The summed E-state index contributed by atoms with van der Waals surface area (Å²) in [5.41, 5.74) is 1.16. The van der Waals surface area contributed by atoms with Crippen LogP contribution in [-0.4, -0.2) is 6.54 Å². The first-order valence-corrected chi connectivity index (χ1v) is 7.56. The Morgan fingerprint density at radius 3 is 2.44 bits per heavy atom. The van der Waals surface area contributed by atoms with Crippen LogP contribution in [0.3, 0.4) is 0 Å². The predicted molar refractivity (Wildman–Crippen MR) is 79.3 cm³/mol. The standard InChI is InChI=1S/C15H21Cl2N/c1-11-4-2-3-5-13(11)10-18-9-12-6-14(16)8-15(17)7-12/h6-8,11,13,18H,2-5,9-10H2,1H3. The van der Waals surface area contributed by atoms with Crippen LogP contribution in [-0.2, 0) is 6.54 Å². The first kappa shape index (κ1) is 14.2. The highest BCUT2D eigenvalue weighted by molar-refractivity contribution is 6.34. The normalized spacial score (nSPS) is 24.2. The fourth-order valence-corrected chi connectivity index (χ4v) is 3.38. The summed E-state index contributed by atoms with van der Waals surface area (Å²) in [7, 11) is 0. The minimum Gasteiger partial charge on any atom is -0.312 e. The summed E-state index contributed by atoms with van der Waals surface area (Å²) >= 11 is 12.0. The van der Waals surface area contributed by atoms with Crippen molar-refractivity contribution in [2.45, 2.75) is 39.2 Å². The van der Waals surface area contributed by atoms with Crippen molar-refractivity contribution >= 4 is 23.2 Å². The highest BCUT2D eigenvalue weighted by atomic mass is 35.5. The lowest BCUT2D eigenvalue weighted by Gasteiger charge is -2.28. The molecule has 0 radical (unpaired) electrons. The molecule has 100 valence electrons. The number of benzene rings is 1. The summed E-state index contributed by atoms with van der Waals surface area (Å²) < 4.78 is 0. The molecule has 0 bridgehead atoms. The summed E-state index contributed by atoms with van der Waals surface area (Å²) in [4.78, 5) is 0. The zero-order chi connectivity index (χ0) is 13.0. The average molecular weight is 286 g/mol. The molecule has 18 heavy (non-hydrogen) atoms. The van der Waals surface area contributed by atoms with Gasteiger partial charge in [0.15, 0.2) is 0 Å². The smallest absolute Gasteiger partial charge is 0.0424 e. The molecule has 1 saturated carbocycles. The van der Waals surface area contributed by atoms with Gasteiger partial charge < -0.3 is 5.32 Å². The number of halogens is 2. The Morgan fingerprint density at radius 1 is 1.11 bits per heavy atom. The highest BCUT2D eigenvalue weighted by Gasteiger charge is 2.20. The first-order valence-electron chi connectivity index (χ1n) is 6.81. The van der Waals surface area contributed by atoms with Gasteiger partial charge in [-0.05, 0) is 48.6 Å². The third kappa shape index (κ3) is 4.15. The summed E-state index contributed by atoms with van der Waals surface area (Å²) in [6.07, 6.45) is 5.54. The third-order valence-electron chi connectivity index (χ3n) is 3.95. The lowest BCUT2D eigenvalue weighted by Crippen LogP contribution is -2.29. The molecule has 1 aromatic carbocycles. The van der Waals surface area contributed by atoms with Crippen molar-refractivity contribution in [3.8, 4) is 0 Å². The maximum absolute atomic E-state index is 5.99. The Labute approximate surface area is 120 Å². The van der Waals surface area contributed by atoms with E-state index in [1.807, 2.05) is 12.1 Å². The van der Waals surface area contributed by atoms with E-state index < -0.39 is 0 Å². The largest absolute Gasteiger partial charge is 0.312 e. The van der Waals surface area contributed by atoms with Gasteiger partial charge in [-0.15, -0.1) is 0 Å². The Balaban J connectivity index is 1.80. The summed E-state index contributed by atoms with van der Waals surface area (Å²) in [6, 6.07) is 5.73. The van der Waals surface area contributed by atoms with Gasteiger partial charge in [0, 0.05) is 16.6 Å². The number of hydrogen-bond acceptors (Lipinski definition) is 1. The number of nitrogens with one attached hydrogen (secondary N) is 1. The van der Waals surface area contributed by atoms with Gasteiger partial charge >= 0.3 is 0 Å². The molecule has 1 aromatic rings. The average Bonchev–Trinajstić information content (AvgIpc) is 2.30. The van der Waals surface area contributed by atoms with Gasteiger partial charge in [0.2, 0.25) is 0 Å². The van der Waals surface area contributed by atoms with Crippen LogP contribution in [0.1, 0.15) is 38.2 Å². The topological polar surface area (TPSA) is 12.0 Å². The lowest BCUT2D eigenvalue weighted by molar-refractivity contribution is 0.247. The fraction of sp³-hybridized carbons (Fsp3) is 0.600. The Morgan fingerprint density at radius 2 is 1.78 bits per heavy atom. The Kier molecular flexibility index (Phi) is 5.35. The van der Waals surface area contributed by atoms with Crippen LogP contribution in [0, 0.1) is 11.8 Å². The SMILES string of the molecule is CC1CCCCC1CNCc1cc(Cl)cc(Cl)c1. The van der Waals surface area contributed by atoms with E-state index in [0.717, 1.165) is 30.5 Å². The fourth-order valence-electron chi connectivity index (χ4n) is 2.81. The van der Waals surface area contributed by atoms with E-state index in [9.17, 15) is 0 Å². The number of rotatable bonds is 4. The van der Waals surface area contributed by atoms with Crippen molar-refractivity contribution in [3.63, 3.8) is 0 Å². The van der Waals surface area contributed by atoms with Crippen molar-refractivity contribution in [1.82, 2.24) is 5.32 Å². The molecule has 0 aromatic heterocycles. The molecule has 1 fully saturated rings. The van der Waals surface area contributed by atoms with E-state index in [0.29, 0.717) is 10.0 Å². The monoisotopic (exact) mass is 285 g/mol. The van der Waals surface area contributed by atoms with Crippen molar-refractivity contribution < 1.29 is 0 Å². The first-order chi connectivity index (χ1) is 8.65. The Bertz CT molecular complexity index is 372. The zero-order valence-electron chi connectivity index (χ0n) is 10.9. The van der Waals surface area contributed by atoms with Gasteiger partial charge in [-0.25, -0.2) is 0 Å². The van der Waals surface area contributed by atoms with Crippen LogP contribution >= 0.6 is 23.2 Å². The molecule has 0 aliphatic heterocycles. The summed E-state index contributed by atoms with van der Waals surface area (Å²) in [6.45, 7) is 4.33. The van der Waals surface area contributed by atoms with Crippen molar-refractivity contribution in [2.75, 3.05) is 6.54 Å². The van der Waals surface area contributed by atoms with Gasteiger partial charge in [-0.1, -0.05) is 49.4 Å². The van der Waals surface area contributed by atoms with Crippen LogP contribution in [0.15, 0.2) is 18.2 Å². The minimum absolute atomic E-state index is 0.713. The second-order valence-electron chi connectivity index (χ2n) is 5.43. The van der Waals surface area contributed by atoms with E-state index in [1.165, 1.54) is 25.7 Å². The van der Waals surface area contributed by atoms with Crippen LogP contribution in [0.25, 0.3) is 0 Å². The van der Waals surface area contributed by atoms with Crippen molar-refractivity contribution in [2.24, 2.45) is 11.8 Å². The van der Waals surface area contributed by atoms with E-state index in [2.05, 4.69) is 12.2 Å². The van der Waals surface area contributed by atoms with E-state index in [1.54, 1.807) is 6.07 Å². The third-order valence-corrected chi connectivity index (χ3v) is 4.38. The van der Waals surface area contributed by atoms with Gasteiger partial charge in [0.25, 0.3) is 0 Å². The van der Waals surface area contributed by atoms with Crippen LogP contribution in [0.4, 0.5) is 0 Å². The number of hydrogen-bond donors (Lipinski definition) is 1. The summed E-state index contributed by atoms with van der Waals surface area (Å²) in [5, 5.41) is 4.97. The molecule has 0 heterocycles. The maximum atomic E-state index is 5.99. The molecular formula is C15H21Cl2N. The van der Waals surface area contributed by atoms with E-state index >= 15 is 0 Å². The molecule has 0 amide bonds. The van der Waals surface area contributed by atoms with E-state index in [-0.39, 0.29) is 0 Å². The van der Waals surface area contributed by atoms with Gasteiger partial charge in [-0.3, -0.25) is 0 Å². The molecule has 1 aliphatic carbocycles. The summed E-state index contributed by atoms with van der Waals surface area (Å²) in [5.74, 6) is 1.68. The van der Waals surface area contributed by atoms with Crippen molar-refractivity contribution in [3.05, 3.63) is 33.8 Å². The molecule has 1 N–H and O–H groups in total. The lowest BCUT2D eigenvalue weighted by atomic mass is 9.80. The highest BCUT2D eigenvalue weighted by Crippen LogP contribution is 2.29. The van der Waals surface area contributed by atoms with E-state index in [4.69, 9.17) is 23.2 Å². The molecule has 2 unspecified atom stereocenters. The second-order valence-corrected chi connectivity index (χ2v) is 6.30. The van der Waals surface area contributed by atoms with Crippen molar-refractivity contribution in [1.29, 1.82) is 0 Å². The molecule has 1 aliphatic rings. The zero-order valence-corrected chi connectivity index (χ0v) is 12.4.